The van der Waals surface area contributed by atoms with Crippen molar-refractivity contribution in [1.82, 2.24) is 9.88 Å². The van der Waals surface area contributed by atoms with Crippen molar-refractivity contribution in [2.45, 2.75) is 19.3 Å². The number of hydrogen-bond donors (Lipinski definition) is 0. The van der Waals surface area contributed by atoms with Gasteiger partial charge in [-0.15, -0.1) is 0 Å². The standard InChI is InChI=1S/C20H19F3N2O2/c1-25(11-15-5-3-4-6-18(15)20(21,22)23)12-16-13-27-19(24-16)14-7-9-17(26-2)10-8-14/h3-10,13H,11-12H2,1-2H3. The lowest BCUT2D eigenvalue weighted by molar-refractivity contribution is -0.138. The van der Waals surface area contributed by atoms with E-state index in [9.17, 15) is 13.2 Å². The first-order valence-corrected chi connectivity index (χ1v) is 8.29. The Morgan fingerprint density at radius 1 is 1.04 bits per heavy atom. The molecule has 0 spiro atoms. The van der Waals surface area contributed by atoms with E-state index in [-0.39, 0.29) is 12.1 Å². The number of aromatic nitrogens is 1. The van der Waals surface area contributed by atoms with Gasteiger partial charge >= 0.3 is 6.18 Å². The Labute approximate surface area is 155 Å². The first-order chi connectivity index (χ1) is 12.9. The summed E-state index contributed by atoms with van der Waals surface area (Å²) in [4.78, 5) is 6.18. The van der Waals surface area contributed by atoms with Crippen LogP contribution in [0.15, 0.2) is 59.2 Å². The highest BCUT2D eigenvalue weighted by atomic mass is 19.4. The van der Waals surface area contributed by atoms with Crippen LogP contribution >= 0.6 is 0 Å². The summed E-state index contributed by atoms with van der Waals surface area (Å²) in [5, 5.41) is 0. The number of hydrogen-bond acceptors (Lipinski definition) is 4. The summed E-state index contributed by atoms with van der Waals surface area (Å²) < 4.78 is 50.0. The molecule has 0 aliphatic rings. The molecule has 3 rings (SSSR count). The maximum Gasteiger partial charge on any atom is 0.416 e. The Morgan fingerprint density at radius 3 is 2.41 bits per heavy atom. The number of oxazole rings is 1. The van der Waals surface area contributed by atoms with Crippen molar-refractivity contribution in [1.29, 1.82) is 0 Å². The lowest BCUT2D eigenvalue weighted by Crippen LogP contribution is -2.20. The van der Waals surface area contributed by atoms with E-state index >= 15 is 0 Å². The van der Waals surface area contributed by atoms with Crippen molar-refractivity contribution in [3.05, 3.63) is 71.6 Å². The fourth-order valence-electron chi connectivity index (χ4n) is 2.80. The van der Waals surface area contributed by atoms with Crippen LogP contribution in [0, 0.1) is 0 Å². The molecule has 7 heteroatoms. The summed E-state index contributed by atoms with van der Waals surface area (Å²) in [5.41, 5.74) is 1.06. The average Bonchev–Trinajstić information content (AvgIpc) is 3.09. The van der Waals surface area contributed by atoms with Crippen molar-refractivity contribution in [2.75, 3.05) is 14.2 Å². The molecule has 0 atom stereocenters. The first kappa shape index (κ1) is 19.0. The van der Waals surface area contributed by atoms with E-state index in [1.807, 2.05) is 12.1 Å². The van der Waals surface area contributed by atoms with Crippen LogP contribution < -0.4 is 4.74 Å². The second-order valence-electron chi connectivity index (χ2n) is 6.20. The van der Waals surface area contributed by atoms with E-state index in [1.165, 1.54) is 18.4 Å². The lowest BCUT2D eigenvalue weighted by Gasteiger charge is -2.18. The zero-order valence-electron chi connectivity index (χ0n) is 15.0. The van der Waals surface area contributed by atoms with Crippen LogP contribution in [0.4, 0.5) is 13.2 Å². The molecule has 0 fully saturated rings. The van der Waals surface area contributed by atoms with Crippen molar-refractivity contribution in [3.63, 3.8) is 0 Å². The van der Waals surface area contributed by atoms with E-state index in [0.717, 1.165) is 17.4 Å². The van der Waals surface area contributed by atoms with E-state index < -0.39 is 11.7 Å². The van der Waals surface area contributed by atoms with Crippen molar-refractivity contribution in [2.24, 2.45) is 0 Å². The van der Waals surface area contributed by atoms with Gasteiger partial charge < -0.3 is 9.15 Å². The maximum atomic E-state index is 13.1. The molecule has 27 heavy (non-hydrogen) atoms. The van der Waals surface area contributed by atoms with Gasteiger partial charge in [0.05, 0.1) is 18.4 Å². The van der Waals surface area contributed by atoms with Crippen LogP contribution in [0.2, 0.25) is 0 Å². The Morgan fingerprint density at radius 2 is 1.74 bits per heavy atom. The third-order valence-electron chi connectivity index (χ3n) is 4.08. The molecule has 0 radical (unpaired) electrons. The molecule has 0 aliphatic heterocycles. The predicted octanol–water partition coefficient (Wildman–Crippen LogP) is 5.00. The van der Waals surface area contributed by atoms with Crippen LogP contribution in [0.25, 0.3) is 11.5 Å². The van der Waals surface area contributed by atoms with Gasteiger partial charge in [-0.1, -0.05) is 18.2 Å². The Balaban J connectivity index is 1.69. The molecule has 0 saturated heterocycles. The Hall–Kier alpha value is -2.80. The monoisotopic (exact) mass is 376 g/mol. The van der Waals surface area contributed by atoms with Crippen molar-refractivity contribution < 1.29 is 22.3 Å². The SMILES string of the molecule is COc1ccc(-c2nc(CN(C)Cc3ccccc3C(F)(F)F)co2)cc1. The molecule has 4 nitrogen and oxygen atoms in total. The van der Waals surface area contributed by atoms with Crippen LogP contribution in [0.3, 0.4) is 0 Å². The Kier molecular flexibility index (Phi) is 5.51. The number of alkyl halides is 3. The number of nitrogens with zero attached hydrogens (tertiary/aromatic N) is 2. The molecule has 0 N–H and O–H groups in total. The second kappa shape index (κ2) is 7.84. The predicted molar refractivity (Wildman–Crippen MR) is 95.1 cm³/mol. The van der Waals surface area contributed by atoms with Gasteiger partial charge in [0.25, 0.3) is 0 Å². The van der Waals surface area contributed by atoms with Crippen LogP contribution in [-0.2, 0) is 19.3 Å². The fraction of sp³-hybridized carbons (Fsp3) is 0.250. The molecule has 0 aliphatic carbocycles. The molecule has 1 heterocycles. The molecule has 142 valence electrons. The average molecular weight is 376 g/mol. The van der Waals surface area contributed by atoms with E-state index in [0.29, 0.717) is 18.1 Å². The molecule has 0 unspecified atom stereocenters. The zero-order valence-corrected chi connectivity index (χ0v) is 15.0. The van der Waals surface area contributed by atoms with Crippen LogP contribution in [-0.4, -0.2) is 24.0 Å². The van der Waals surface area contributed by atoms with Gasteiger partial charge in [-0.05, 0) is 42.9 Å². The van der Waals surface area contributed by atoms with E-state index in [2.05, 4.69) is 4.98 Å². The Bertz CT molecular complexity index is 889. The number of rotatable bonds is 6. The number of halogens is 3. The molecule has 0 saturated carbocycles. The van der Waals surface area contributed by atoms with Gasteiger partial charge in [-0.25, -0.2) is 4.98 Å². The van der Waals surface area contributed by atoms with E-state index in [1.54, 1.807) is 37.3 Å². The third kappa shape index (κ3) is 4.68. The minimum absolute atomic E-state index is 0.153. The topological polar surface area (TPSA) is 38.5 Å². The van der Waals surface area contributed by atoms with Crippen LogP contribution in [0.5, 0.6) is 5.75 Å². The quantitative estimate of drug-likeness (QED) is 0.607. The number of benzene rings is 2. The maximum absolute atomic E-state index is 13.1. The fourth-order valence-corrected chi connectivity index (χ4v) is 2.80. The number of methoxy groups -OCH3 is 1. The summed E-state index contributed by atoms with van der Waals surface area (Å²) in [6.07, 6.45) is -2.85. The number of ether oxygens (including phenoxy) is 1. The molecule has 2 aromatic carbocycles. The highest BCUT2D eigenvalue weighted by molar-refractivity contribution is 5.54. The minimum atomic E-state index is -4.37. The highest BCUT2D eigenvalue weighted by Crippen LogP contribution is 2.32. The highest BCUT2D eigenvalue weighted by Gasteiger charge is 2.33. The van der Waals surface area contributed by atoms with Gasteiger partial charge in [0.2, 0.25) is 5.89 Å². The lowest BCUT2D eigenvalue weighted by atomic mass is 10.1. The first-order valence-electron chi connectivity index (χ1n) is 8.29. The summed E-state index contributed by atoms with van der Waals surface area (Å²) in [5.74, 6) is 1.19. The van der Waals surface area contributed by atoms with Gasteiger partial charge in [-0.2, -0.15) is 13.2 Å². The van der Waals surface area contributed by atoms with Gasteiger partial charge in [0, 0.05) is 18.7 Å². The summed E-state index contributed by atoms with van der Waals surface area (Å²) in [6.45, 7) is 0.520. The summed E-state index contributed by atoms with van der Waals surface area (Å²) >= 11 is 0. The second-order valence-corrected chi connectivity index (χ2v) is 6.20. The smallest absolute Gasteiger partial charge is 0.416 e. The van der Waals surface area contributed by atoms with Gasteiger partial charge in [0.15, 0.2) is 0 Å². The molecule has 0 amide bonds. The molecule has 0 bridgehead atoms. The largest absolute Gasteiger partial charge is 0.497 e. The van der Waals surface area contributed by atoms with Crippen molar-refractivity contribution in [3.8, 4) is 17.2 Å². The van der Waals surface area contributed by atoms with E-state index in [4.69, 9.17) is 9.15 Å². The molecule has 3 aromatic rings. The summed E-state index contributed by atoms with van der Waals surface area (Å²) in [6, 6.07) is 12.9. The van der Waals surface area contributed by atoms with Gasteiger partial charge in [0.1, 0.15) is 12.0 Å². The zero-order chi connectivity index (χ0) is 19.4. The van der Waals surface area contributed by atoms with Crippen molar-refractivity contribution >= 4 is 0 Å². The normalized spacial score (nSPS) is 11.8. The molecular formula is C20H19F3N2O2. The minimum Gasteiger partial charge on any atom is -0.497 e. The molecule has 1 aromatic heterocycles. The van der Waals surface area contributed by atoms with Gasteiger partial charge in [-0.3, -0.25) is 4.90 Å². The molecular weight excluding hydrogens is 357 g/mol. The summed E-state index contributed by atoms with van der Waals surface area (Å²) in [7, 11) is 3.33. The van der Waals surface area contributed by atoms with Crippen LogP contribution in [0.1, 0.15) is 16.8 Å². The third-order valence-corrected chi connectivity index (χ3v) is 4.08.